The van der Waals surface area contributed by atoms with Gasteiger partial charge >= 0.3 is 0 Å². The van der Waals surface area contributed by atoms with E-state index in [2.05, 4.69) is 133 Å². The molecule has 0 fully saturated rings. The molecule has 0 aliphatic rings. The van der Waals surface area contributed by atoms with Crippen molar-refractivity contribution in [3.63, 3.8) is 0 Å². The second kappa shape index (κ2) is 13.9. The number of unbranched alkanes of at least 4 members (excludes halogenated alkanes) is 2. The van der Waals surface area contributed by atoms with E-state index in [1.807, 2.05) is 0 Å². The molecule has 0 saturated carbocycles. The van der Waals surface area contributed by atoms with E-state index in [9.17, 15) is 0 Å². The maximum Gasteiger partial charge on any atom is 0.119 e. The van der Waals surface area contributed by atoms with E-state index in [1.54, 1.807) is 0 Å². The van der Waals surface area contributed by atoms with Crippen LogP contribution in [0.5, 0.6) is 11.5 Å². The first-order valence-corrected chi connectivity index (χ1v) is 14.0. The Kier molecular flexibility index (Phi) is 10.0. The monoisotopic (exact) mass is 554 g/mol. The topological polar surface area (TPSA) is 18.5 Å². The van der Waals surface area contributed by atoms with Gasteiger partial charge in [0.2, 0.25) is 0 Å². The van der Waals surface area contributed by atoms with Crippen molar-refractivity contribution in [1.82, 2.24) is 0 Å². The Morgan fingerprint density at radius 2 is 0.892 bits per heavy atom. The number of hydrogen-bond acceptors (Lipinski definition) is 2. The van der Waals surface area contributed by atoms with Crippen molar-refractivity contribution in [1.29, 1.82) is 0 Å². The molecule has 0 bridgehead atoms. The summed E-state index contributed by atoms with van der Waals surface area (Å²) in [5.41, 5.74) is 6.98. The van der Waals surface area contributed by atoms with E-state index in [-0.39, 0.29) is 0 Å². The van der Waals surface area contributed by atoms with Gasteiger partial charge in [-0.1, -0.05) is 109 Å². The Morgan fingerprint density at radius 3 is 1.30 bits per heavy atom. The van der Waals surface area contributed by atoms with Crippen LogP contribution in [0.3, 0.4) is 0 Å². The average Bonchev–Trinajstić information content (AvgIpc) is 2.94. The molecule has 0 aliphatic carbocycles. The van der Waals surface area contributed by atoms with E-state index < -0.39 is 0 Å². The van der Waals surface area contributed by atoms with E-state index in [0.29, 0.717) is 0 Å². The lowest BCUT2D eigenvalue weighted by molar-refractivity contribution is 0.309. The Labute approximate surface area is 230 Å². The van der Waals surface area contributed by atoms with Gasteiger partial charge in [-0.05, 0) is 82.6 Å². The van der Waals surface area contributed by atoms with Crippen LogP contribution in [0, 0.1) is 0 Å². The largest absolute Gasteiger partial charge is 0.494 e. The summed E-state index contributed by atoms with van der Waals surface area (Å²) in [6, 6.07) is 36.2. The summed E-state index contributed by atoms with van der Waals surface area (Å²) in [6.45, 7) is 5.84. The molecule has 0 aliphatic heterocycles. The summed E-state index contributed by atoms with van der Waals surface area (Å²) in [5.74, 6) is 1.81. The standard InChI is InChI=1S/C34H35BrO2/c1-3-5-24-36-31-20-14-28(15-21-31)34(29-16-22-32(23-17-29)37-25-6-4-2)33(26-10-8-7-9-11-26)27-12-18-30(35)19-13-27/h7-23H,3-6,24-25H2,1-2H3. The molecule has 190 valence electrons. The normalized spacial score (nSPS) is 10.7. The van der Waals surface area contributed by atoms with Crippen molar-refractivity contribution in [2.45, 2.75) is 39.5 Å². The van der Waals surface area contributed by atoms with Gasteiger partial charge in [-0.2, -0.15) is 0 Å². The highest BCUT2D eigenvalue weighted by atomic mass is 79.9. The second-order valence-corrected chi connectivity index (χ2v) is 9.99. The van der Waals surface area contributed by atoms with Gasteiger partial charge in [0.25, 0.3) is 0 Å². The first-order chi connectivity index (χ1) is 18.2. The third-order valence-corrected chi connectivity index (χ3v) is 6.79. The smallest absolute Gasteiger partial charge is 0.119 e. The van der Waals surface area contributed by atoms with E-state index in [1.165, 1.54) is 16.7 Å². The summed E-state index contributed by atoms with van der Waals surface area (Å²) >= 11 is 3.60. The van der Waals surface area contributed by atoms with Crippen LogP contribution in [0.4, 0.5) is 0 Å². The molecule has 0 spiro atoms. The number of hydrogen-bond donors (Lipinski definition) is 0. The number of halogens is 1. The Balaban J connectivity index is 1.85. The molecule has 0 heterocycles. The summed E-state index contributed by atoms with van der Waals surface area (Å²) in [7, 11) is 0. The Hall–Kier alpha value is -3.30. The lowest BCUT2D eigenvalue weighted by atomic mass is 9.86. The molecule has 3 heteroatoms. The van der Waals surface area contributed by atoms with Gasteiger partial charge in [-0.3, -0.25) is 0 Å². The minimum absolute atomic E-state index is 0.742. The number of benzene rings is 4. The van der Waals surface area contributed by atoms with E-state index in [0.717, 1.165) is 71.6 Å². The van der Waals surface area contributed by atoms with Gasteiger partial charge in [0.1, 0.15) is 11.5 Å². The number of rotatable bonds is 12. The second-order valence-electron chi connectivity index (χ2n) is 9.08. The first-order valence-electron chi connectivity index (χ1n) is 13.2. The predicted octanol–water partition coefficient (Wildman–Crippen LogP) is 9.81. The average molecular weight is 556 g/mol. The van der Waals surface area contributed by atoms with Gasteiger partial charge in [-0.15, -0.1) is 0 Å². The summed E-state index contributed by atoms with van der Waals surface area (Å²) in [6.07, 6.45) is 4.36. The molecule has 0 radical (unpaired) electrons. The SMILES string of the molecule is CCCCOc1ccc(C(=C(c2ccccc2)c2ccc(Br)cc2)c2ccc(OCCCC)cc2)cc1. The zero-order valence-electron chi connectivity index (χ0n) is 21.8. The van der Waals surface area contributed by atoms with Crippen LogP contribution in [-0.4, -0.2) is 13.2 Å². The van der Waals surface area contributed by atoms with Crippen molar-refractivity contribution < 1.29 is 9.47 Å². The van der Waals surface area contributed by atoms with Crippen LogP contribution >= 0.6 is 15.9 Å². The van der Waals surface area contributed by atoms with Crippen LogP contribution in [0.1, 0.15) is 61.8 Å². The van der Waals surface area contributed by atoms with Gasteiger partial charge in [-0.25, -0.2) is 0 Å². The highest BCUT2D eigenvalue weighted by Crippen LogP contribution is 2.38. The molecule has 0 unspecified atom stereocenters. The van der Waals surface area contributed by atoms with Crippen molar-refractivity contribution in [2.24, 2.45) is 0 Å². The van der Waals surface area contributed by atoms with Crippen LogP contribution in [0.25, 0.3) is 11.1 Å². The first kappa shape index (κ1) is 26.8. The fourth-order valence-corrected chi connectivity index (χ4v) is 4.50. The van der Waals surface area contributed by atoms with E-state index in [4.69, 9.17) is 9.47 Å². The molecule has 2 nitrogen and oxygen atoms in total. The van der Waals surface area contributed by atoms with Crippen LogP contribution < -0.4 is 9.47 Å². The molecule has 0 saturated heterocycles. The van der Waals surface area contributed by atoms with Crippen LogP contribution in [-0.2, 0) is 0 Å². The van der Waals surface area contributed by atoms with Gasteiger partial charge < -0.3 is 9.47 Å². The molecule has 4 aromatic carbocycles. The molecule has 4 rings (SSSR count). The predicted molar refractivity (Wildman–Crippen MR) is 159 cm³/mol. The van der Waals surface area contributed by atoms with E-state index >= 15 is 0 Å². The molecule has 0 atom stereocenters. The molecule has 0 aromatic heterocycles. The highest BCUT2D eigenvalue weighted by Gasteiger charge is 2.17. The third kappa shape index (κ3) is 7.36. The maximum absolute atomic E-state index is 5.95. The van der Waals surface area contributed by atoms with Crippen molar-refractivity contribution in [3.05, 3.63) is 130 Å². The van der Waals surface area contributed by atoms with Crippen molar-refractivity contribution in [3.8, 4) is 11.5 Å². The van der Waals surface area contributed by atoms with Crippen LogP contribution in [0.2, 0.25) is 0 Å². The fourth-order valence-electron chi connectivity index (χ4n) is 4.24. The zero-order valence-corrected chi connectivity index (χ0v) is 23.3. The fraction of sp³-hybridized carbons (Fsp3) is 0.235. The summed E-state index contributed by atoms with van der Waals surface area (Å²) in [4.78, 5) is 0. The molecule has 0 N–H and O–H groups in total. The highest BCUT2D eigenvalue weighted by molar-refractivity contribution is 9.10. The Morgan fingerprint density at radius 1 is 0.514 bits per heavy atom. The molecule has 4 aromatic rings. The molecular formula is C34H35BrO2. The molecule has 0 amide bonds. The number of ether oxygens (including phenoxy) is 2. The zero-order chi connectivity index (χ0) is 25.9. The quantitative estimate of drug-likeness (QED) is 0.128. The lowest BCUT2D eigenvalue weighted by Crippen LogP contribution is -2.00. The third-order valence-electron chi connectivity index (χ3n) is 6.26. The van der Waals surface area contributed by atoms with Crippen molar-refractivity contribution in [2.75, 3.05) is 13.2 Å². The minimum atomic E-state index is 0.742. The minimum Gasteiger partial charge on any atom is -0.494 e. The van der Waals surface area contributed by atoms with Gasteiger partial charge in [0.15, 0.2) is 0 Å². The van der Waals surface area contributed by atoms with Gasteiger partial charge in [0.05, 0.1) is 13.2 Å². The molecular weight excluding hydrogens is 520 g/mol. The molecule has 37 heavy (non-hydrogen) atoms. The lowest BCUT2D eigenvalue weighted by Gasteiger charge is -2.19. The van der Waals surface area contributed by atoms with Crippen molar-refractivity contribution >= 4 is 27.1 Å². The Bertz CT molecular complexity index is 1200. The van der Waals surface area contributed by atoms with Crippen LogP contribution in [0.15, 0.2) is 108 Å². The summed E-state index contributed by atoms with van der Waals surface area (Å²) < 4.78 is 13.0. The summed E-state index contributed by atoms with van der Waals surface area (Å²) in [5, 5.41) is 0. The van der Waals surface area contributed by atoms with Gasteiger partial charge in [0, 0.05) is 4.47 Å². The maximum atomic E-state index is 5.95.